The number of nitrogens with zero attached hydrogens (tertiary/aromatic N) is 2. The maximum atomic E-state index is 12.9. The molecule has 0 spiro atoms. The van der Waals surface area contributed by atoms with Gasteiger partial charge < -0.3 is 19.2 Å². The Morgan fingerprint density at radius 3 is 2.57 bits per heavy atom. The highest BCUT2D eigenvalue weighted by molar-refractivity contribution is 5.97. The van der Waals surface area contributed by atoms with Crippen LogP contribution in [0.2, 0.25) is 0 Å². The molecule has 0 fully saturated rings. The normalized spacial score (nSPS) is 10.8. The number of benzene rings is 2. The first-order valence-corrected chi connectivity index (χ1v) is 8.81. The second-order valence-electron chi connectivity index (χ2n) is 6.26. The van der Waals surface area contributed by atoms with Crippen LogP contribution in [0, 0.1) is 5.82 Å². The Kier molecular flexibility index (Phi) is 5.58. The number of aryl methyl sites for hydroxylation is 1. The van der Waals surface area contributed by atoms with Crippen molar-refractivity contribution in [2.24, 2.45) is 0 Å². The standard InChI is InChI=1S/C20H20FN3O4/c1-3-24-17-9-4-13(12-16(17)22-18(25)20(24)27)19(26)23(2)10-11-28-15-7-5-14(21)6-8-15/h4-9,12H,3,10-11H2,1-2H3,(H,22,25). The number of likely N-dealkylation sites (N-methyl/N-ethyl adjacent to an activating group) is 1. The number of fused-ring (bicyclic) bond motifs is 1. The minimum absolute atomic E-state index is 0.244. The number of carbonyl (C=O) groups is 1. The van der Waals surface area contributed by atoms with Crippen molar-refractivity contribution in [2.45, 2.75) is 13.5 Å². The molecule has 0 aliphatic rings. The van der Waals surface area contributed by atoms with Gasteiger partial charge in [-0.05, 0) is 49.4 Å². The minimum atomic E-state index is -0.722. The number of halogens is 1. The largest absolute Gasteiger partial charge is 0.492 e. The summed E-state index contributed by atoms with van der Waals surface area (Å²) in [6, 6.07) is 10.5. The van der Waals surface area contributed by atoms with E-state index in [2.05, 4.69) is 4.98 Å². The molecule has 0 radical (unpaired) electrons. The highest BCUT2D eigenvalue weighted by Gasteiger charge is 2.14. The van der Waals surface area contributed by atoms with Gasteiger partial charge in [-0.25, -0.2) is 4.39 Å². The average molecular weight is 385 g/mol. The Bertz CT molecular complexity index is 1120. The first-order chi connectivity index (χ1) is 13.4. The molecule has 1 N–H and O–H groups in total. The number of ether oxygens (including phenoxy) is 1. The van der Waals surface area contributed by atoms with Crippen LogP contribution in [-0.2, 0) is 6.54 Å². The highest BCUT2D eigenvalue weighted by Crippen LogP contribution is 2.14. The molecule has 2 aromatic carbocycles. The van der Waals surface area contributed by atoms with Gasteiger partial charge in [0.2, 0.25) is 0 Å². The van der Waals surface area contributed by atoms with E-state index in [4.69, 9.17) is 4.74 Å². The second kappa shape index (κ2) is 8.08. The van der Waals surface area contributed by atoms with Gasteiger partial charge in [0.05, 0.1) is 17.6 Å². The van der Waals surface area contributed by atoms with Crippen LogP contribution in [0.3, 0.4) is 0 Å². The summed E-state index contributed by atoms with van der Waals surface area (Å²) in [5.74, 6) is -0.0785. The average Bonchev–Trinajstić information content (AvgIpc) is 2.69. The zero-order valence-electron chi connectivity index (χ0n) is 15.6. The van der Waals surface area contributed by atoms with Gasteiger partial charge in [0, 0.05) is 19.2 Å². The van der Waals surface area contributed by atoms with Crippen molar-refractivity contribution >= 4 is 16.9 Å². The van der Waals surface area contributed by atoms with Gasteiger partial charge in [0.1, 0.15) is 18.2 Å². The maximum absolute atomic E-state index is 12.9. The number of amides is 1. The van der Waals surface area contributed by atoms with E-state index in [1.54, 1.807) is 32.2 Å². The molecule has 0 aliphatic heterocycles. The fourth-order valence-electron chi connectivity index (χ4n) is 2.88. The molecule has 7 nitrogen and oxygen atoms in total. The molecule has 0 atom stereocenters. The van der Waals surface area contributed by atoms with Crippen LogP contribution in [0.5, 0.6) is 5.75 Å². The molecule has 146 valence electrons. The lowest BCUT2D eigenvalue weighted by Crippen LogP contribution is -2.36. The summed E-state index contributed by atoms with van der Waals surface area (Å²) in [4.78, 5) is 40.4. The van der Waals surface area contributed by atoms with Crippen LogP contribution >= 0.6 is 0 Å². The van der Waals surface area contributed by atoms with E-state index in [0.717, 1.165) is 0 Å². The van der Waals surface area contributed by atoms with Gasteiger partial charge in [-0.2, -0.15) is 0 Å². The van der Waals surface area contributed by atoms with Gasteiger partial charge in [-0.3, -0.25) is 14.4 Å². The van der Waals surface area contributed by atoms with Crippen LogP contribution in [0.15, 0.2) is 52.1 Å². The number of rotatable bonds is 6. The summed E-state index contributed by atoms with van der Waals surface area (Å²) in [6.45, 7) is 2.69. The summed E-state index contributed by atoms with van der Waals surface area (Å²) in [7, 11) is 1.64. The summed E-state index contributed by atoms with van der Waals surface area (Å²) >= 11 is 0. The number of H-pyrrole nitrogens is 1. The van der Waals surface area contributed by atoms with Crippen molar-refractivity contribution in [3.05, 3.63) is 74.6 Å². The van der Waals surface area contributed by atoms with Crippen LogP contribution in [0.25, 0.3) is 11.0 Å². The molecule has 0 saturated carbocycles. The van der Waals surface area contributed by atoms with Crippen molar-refractivity contribution < 1.29 is 13.9 Å². The first-order valence-electron chi connectivity index (χ1n) is 8.81. The zero-order valence-corrected chi connectivity index (χ0v) is 15.6. The van der Waals surface area contributed by atoms with Gasteiger partial charge in [0.25, 0.3) is 5.91 Å². The van der Waals surface area contributed by atoms with E-state index in [9.17, 15) is 18.8 Å². The summed E-state index contributed by atoms with van der Waals surface area (Å²) < 4.78 is 19.8. The van der Waals surface area contributed by atoms with Crippen LogP contribution in [0.4, 0.5) is 4.39 Å². The van der Waals surface area contributed by atoms with Gasteiger partial charge in [-0.15, -0.1) is 0 Å². The molecule has 0 unspecified atom stereocenters. The predicted molar refractivity (Wildman–Crippen MR) is 103 cm³/mol. The van der Waals surface area contributed by atoms with Gasteiger partial charge in [0.15, 0.2) is 0 Å². The van der Waals surface area contributed by atoms with Crippen molar-refractivity contribution in [1.29, 1.82) is 0 Å². The fraction of sp³-hybridized carbons (Fsp3) is 0.250. The third kappa shape index (κ3) is 3.95. The van der Waals surface area contributed by atoms with E-state index in [1.807, 2.05) is 0 Å². The molecule has 0 saturated heterocycles. The SMILES string of the molecule is CCn1c(=O)c(=O)[nH]c2cc(C(=O)N(C)CCOc3ccc(F)cc3)ccc21. The third-order valence-electron chi connectivity index (χ3n) is 4.39. The molecular weight excluding hydrogens is 365 g/mol. The molecule has 0 bridgehead atoms. The summed E-state index contributed by atoms with van der Waals surface area (Å²) in [5, 5.41) is 0. The number of hydrogen-bond acceptors (Lipinski definition) is 4. The molecule has 28 heavy (non-hydrogen) atoms. The fourth-order valence-corrected chi connectivity index (χ4v) is 2.88. The number of carbonyl (C=O) groups excluding carboxylic acids is 1. The van der Waals surface area contributed by atoms with Crippen LogP contribution in [0.1, 0.15) is 17.3 Å². The van der Waals surface area contributed by atoms with E-state index in [0.29, 0.717) is 35.4 Å². The van der Waals surface area contributed by atoms with Crippen molar-refractivity contribution in [3.63, 3.8) is 0 Å². The lowest BCUT2D eigenvalue weighted by Gasteiger charge is -2.18. The number of hydrogen-bond donors (Lipinski definition) is 1. The molecule has 1 amide bonds. The maximum Gasteiger partial charge on any atom is 0.316 e. The summed E-state index contributed by atoms with van der Waals surface area (Å²) in [6.07, 6.45) is 0. The molecule has 8 heteroatoms. The molecule has 1 aromatic heterocycles. The Balaban J connectivity index is 1.73. The predicted octanol–water partition coefficient (Wildman–Crippen LogP) is 2.00. The monoisotopic (exact) mass is 385 g/mol. The zero-order chi connectivity index (χ0) is 20.3. The lowest BCUT2D eigenvalue weighted by molar-refractivity contribution is 0.0774. The summed E-state index contributed by atoms with van der Waals surface area (Å²) in [5.41, 5.74) is 0.0251. The first kappa shape index (κ1) is 19.3. The minimum Gasteiger partial charge on any atom is -0.492 e. The number of nitrogens with one attached hydrogen (secondary N) is 1. The van der Waals surface area contributed by atoms with Crippen molar-refractivity contribution in [2.75, 3.05) is 20.2 Å². The lowest BCUT2D eigenvalue weighted by atomic mass is 10.1. The third-order valence-corrected chi connectivity index (χ3v) is 4.39. The Morgan fingerprint density at radius 1 is 1.18 bits per heavy atom. The molecule has 3 rings (SSSR count). The molecular formula is C20H20FN3O4. The Labute approximate surface area is 160 Å². The van der Waals surface area contributed by atoms with Crippen molar-refractivity contribution in [3.8, 4) is 5.75 Å². The van der Waals surface area contributed by atoms with E-state index < -0.39 is 11.1 Å². The molecule has 1 heterocycles. The van der Waals surface area contributed by atoms with Crippen molar-refractivity contribution in [1.82, 2.24) is 14.5 Å². The quantitative estimate of drug-likeness (QED) is 0.658. The van der Waals surface area contributed by atoms with Crippen LogP contribution in [-0.4, -0.2) is 40.6 Å². The smallest absolute Gasteiger partial charge is 0.316 e. The van der Waals surface area contributed by atoms with E-state index in [1.165, 1.54) is 33.7 Å². The second-order valence-corrected chi connectivity index (χ2v) is 6.26. The number of aromatic amines is 1. The number of aromatic nitrogens is 2. The van der Waals surface area contributed by atoms with Gasteiger partial charge >= 0.3 is 11.1 Å². The van der Waals surface area contributed by atoms with E-state index in [-0.39, 0.29) is 18.3 Å². The highest BCUT2D eigenvalue weighted by atomic mass is 19.1. The van der Waals surface area contributed by atoms with E-state index >= 15 is 0 Å². The van der Waals surface area contributed by atoms with Gasteiger partial charge in [-0.1, -0.05) is 0 Å². The topological polar surface area (TPSA) is 84.4 Å². The Hall–Kier alpha value is -3.42. The molecule has 3 aromatic rings. The molecule has 0 aliphatic carbocycles. The van der Waals surface area contributed by atoms with Crippen LogP contribution < -0.4 is 15.9 Å². The Morgan fingerprint density at radius 2 is 1.89 bits per heavy atom.